The Kier molecular flexibility index (Phi) is 4.56. The third-order valence-corrected chi connectivity index (χ3v) is 3.34. The van der Waals surface area contributed by atoms with Crippen LogP contribution in [0.1, 0.15) is 5.56 Å². The van der Waals surface area contributed by atoms with Crippen molar-refractivity contribution in [2.45, 2.75) is 4.90 Å². The van der Waals surface area contributed by atoms with Crippen LogP contribution >= 0.6 is 27.7 Å². The van der Waals surface area contributed by atoms with Crippen LogP contribution < -0.4 is 5.73 Å². The normalized spacial score (nSPS) is 11.0. The van der Waals surface area contributed by atoms with Gasteiger partial charge in [-0.3, -0.25) is 0 Å². The summed E-state index contributed by atoms with van der Waals surface area (Å²) in [6.45, 7) is 0.585. The van der Waals surface area contributed by atoms with Crippen molar-refractivity contribution in [3.05, 3.63) is 34.3 Å². The molecule has 0 spiro atoms. The Bertz CT molecular complexity index is 310. The van der Waals surface area contributed by atoms with Gasteiger partial charge in [0.1, 0.15) is 0 Å². The number of halogens is 1. The molecule has 0 radical (unpaired) electrons. The molecule has 2 N–H and O–H groups in total. The lowest BCUT2D eigenvalue weighted by Gasteiger charge is -2.01. The van der Waals surface area contributed by atoms with Gasteiger partial charge in [-0.05, 0) is 39.9 Å². The lowest BCUT2D eigenvalue weighted by atomic mass is 10.2. The summed E-state index contributed by atoms with van der Waals surface area (Å²) in [5.41, 5.74) is 6.54. The van der Waals surface area contributed by atoms with Crippen molar-refractivity contribution in [2.24, 2.45) is 5.73 Å². The molecule has 13 heavy (non-hydrogen) atoms. The summed E-state index contributed by atoms with van der Waals surface area (Å²) >= 11 is 5.25. The van der Waals surface area contributed by atoms with E-state index in [2.05, 4.69) is 40.4 Å². The molecular weight excluding hydrogens is 246 g/mol. The Morgan fingerprint density at radius 3 is 2.85 bits per heavy atom. The maximum atomic E-state index is 5.37. The smallest absolute Gasteiger partial charge is 0.0317 e. The molecule has 0 saturated heterocycles. The molecule has 0 fully saturated rings. The highest BCUT2D eigenvalue weighted by atomic mass is 79.9. The number of rotatable bonds is 3. The number of thioether (sulfide) groups is 1. The van der Waals surface area contributed by atoms with E-state index >= 15 is 0 Å². The molecule has 0 aliphatic carbocycles. The first-order valence-corrected chi connectivity index (χ1v) is 6.00. The number of benzene rings is 1. The fourth-order valence-corrected chi connectivity index (χ4v) is 2.33. The molecule has 1 aromatic rings. The molecule has 70 valence electrons. The fourth-order valence-electron chi connectivity index (χ4n) is 0.990. The van der Waals surface area contributed by atoms with Gasteiger partial charge in [0.15, 0.2) is 0 Å². The van der Waals surface area contributed by atoms with E-state index in [9.17, 15) is 0 Å². The highest BCUT2D eigenvalue weighted by Gasteiger charge is 1.97. The van der Waals surface area contributed by atoms with E-state index < -0.39 is 0 Å². The summed E-state index contributed by atoms with van der Waals surface area (Å²) < 4.78 is 1.14. The molecule has 1 aromatic carbocycles. The van der Waals surface area contributed by atoms with Crippen LogP contribution in [0.15, 0.2) is 33.6 Å². The first-order valence-electron chi connectivity index (χ1n) is 3.98. The van der Waals surface area contributed by atoms with Crippen molar-refractivity contribution in [1.29, 1.82) is 0 Å². The van der Waals surface area contributed by atoms with Crippen molar-refractivity contribution >= 4 is 33.8 Å². The number of hydrogen-bond donors (Lipinski definition) is 1. The molecule has 0 aliphatic heterocycles. The zero-order chi connectivity index (χ0) is 9.68. The minimum Gasteiger partial charge on any atom is -0.327 e. The zero-order valence-corrected chi connectivity index (χ0v) is 9.86. The molecule has 0 aromatic heterocycles. The van der Waals surface area contributed by atoms with Crippen LogP contribution in [0.5, 0.6) is 0 Å². The molecular formula is C10H12BrNS. The van der Waals surface area contributed by atoms with Gasteiger partial charge in [-0.1, -0.05) is 18.2 Å². The summed E-state index contributed by atoms with van der Waals surface area (Å²) in [7, 11) is 0. The molecule has 0 amide bonds. The molecule has 0 heterocycles. The Morgan fingerprint density at radius 2 is 2.31 bits per heavy atom. The van der Waals surface area contributed by atoms with Gasteiger partial charge in [0.25, 0.3) is 0 Å². The monoisotopic (exact) mass is 257 g/mol. The van der Waals surface area contributed by atoms with Gasteiger partial charge in [-0.15, -0.1) is 11.8 Å². The minimum absolute atomic E-state index is 0.585. The fraction of sp³-hybridized carbons (Fsp3) is 0.200. The topological polar surface area (TPSA) is 26.0 Å². The van der Waals surface area contributed by atoms with Crippen LogP contribution in [0, 0.1) is 0 Å². The van der Waals surface area contributed by atoms with Gasteiger partial charge >= 0.3 is 0 Å². The molecule has 0 bridgehead atoms. The first-order chi connectivity index (χ1) is 6.27. The van der Waals surface area contributed by atoms with Gasteiger partial charge in [0.2, 0.25) is 0 Å². The van der Waals surface area contributed by atoms with Crippen LogP contribution in [-0.4, -0.2) is 12.8 Å². The third-order valence-electron chi connectivity index (χ3n) is 1.62. The second-order valence-corrected chi connectivity index (χ2v) is 4.23. The van der Waals surface area contributed by atoms with Gasteiger partial charge in [-0.2, -0.15) is 0 Å². The lowest BCUT2D eigenvalue weighted by molar-refractivity contribution is 1.26. The second-order valence-electron chi connectivity index (χ2n) is 2.53. The summed E-state index contributed by atoms with van der Waals surface area (Å²) in [6, 6.07) is 6.28. The lowest BCUT2D eigenvalue weighted by Crippen LogP contribution is -1.91. The molecule has 0 atom stereocenters. The van der Waals surface area contributed by atoms with E-state index in [1.54, 1.807) is 11.8 Å². The zero-order valence-electron chi connectivity index (χ0n) is 7.46. The van der Waals surface area contributed by atoms with Gasteiger partial charge < -0.3 is 5.73 Å². The van der Waals surface area contributed by atoms with E-state index in [1.807, 2.05) is 12.2 Å². The average Bonchev–Trinajstić information content (AvgIpc) is 2.15. The highest BCUT2D eigenvalue weighted by Crippen LogP contribution is 2.26. The van der Waals surface area contributed by atoms with Crippen molar-refractivity contribution in [3.63, 3.8) is 0 Å². The molecule has 1 rings (SSSR count). The first kappa shape index (κ1) is 10.8. The molecule has 0 unspecified atom stereocenters. The van der Waals surface area contributed by atoms with Crippen molar-refractivity contribution < 1.29 is 0 Å². The Hall–Kier alpha value is -0.250. The van der Waals surface area contributed by atoms with Crippen LogP contribution in [0.2, 0.25) is 0 Å². The maximum absolute atomic E-state index is 5.37. The standard InChI is InChI=1S/C10H12BrNS/c1-13-10-5-4-8(3-2-6-12)7-9(10)11/h2-5,7H,6,12H2,1H3/b3-2+. The summed E-state index contributed by atoms with van der Waals surface area (Å²) in [4.78, 5) is 1.25. The number of hydrogen-bond acceptors (Lipinski definition) is 2. The van der Waals surface area contributed by atoms with Crippen LogP contribution in [0.25, 0.3) is 6.08 Å². The van der Waals surface area contributed by atoms with Crippen molar-refractivity contribution in [1.82, 2.24) is 0 Å². The second kappa shape index (κ2) is 5.47. The van der Waals surface area contributed by atoms with Crippen molar-refractivity contribution in [3.8, 4) is 0 Å². The van der Waals surface area contributed by atoms with E-state index in [4.69, 9.17) is 5.73 Å². The summed E-state index contributed by atoms with van der Waals surface area (Å²) in [6.07, 6.45) is 6.03. The predicted molar refractivity (Wildman–Crippen MR) is 64.0 cm³/mol. The van der Waals surface area contributed by atoms with Crippen molar-refractivity contribution in [2.75, 3.05) is 12.8 Å². The van der Waals surface area contributed by atoms with Crippen LogP contribution in [0.4, 0.5) is 0 Å². The summed E-state index contributed by atoms with van der Waals surface area (Å²) in [5.74, 6) is 0. The largest absolute Gasteiger partial charge is 0.327 e. The van der Waals surface area contributed by atoms with Crippen LogP contribution in [0.3, 0.4) is 0 Å². The van der Waals surface area contributed by atoms with Crippen LogP contribution in [-0.2, 0) is 0 Å². The SMILES string of the molecule is CSc1ccc(/C=C/CN)cc1Br. The Labute approximate surface area is 91.5 Å². The predicted octanol–water partition coefficient (Wildman–Crippen LogP) is 3.14. The maximum Gasteiger partial charge on any atom is 0.0317 e. The summed E-state index contributed by atoms with van der Waals surface area (Å²) in [5, 5.41) is 0. The molecule has 1 nitrogen and oxygen atoms in total. The average molecular weight is 258 g/mol. The van der Waals surface area contributed by atoms with E-state index in [0.717, 1.165) is 4.47 Å². The minimum atomic E-state index is 0.585. The van der Waals surface area contributed by atoms with Gasteiger partial charge in [0.05, 0.1) is 0 Å². The van der Waals surface area contributed by atoms with E-state index in [1.165, 1.54) is 10.5 Å². The quantitative estimate of drug-likeness (QED) is 0.843. The Balaban J connectivity index is 2.89. The van der Waals surface area contributed by atoms with E-state index in [-0.39, 0.29) is 0 Å². The molecule has 3 heteroatoms. The third kappa shape index (κ3) is 3.18. The van der Waals surface area contributed by atoms with Gasteiger partial charge in [-0.25, -0.2) is 0 Å². The molecule has 0 saturated carbocycles. The highest BCUT2D eigenvalue weighted by molar-refractivity contribution is 9.10. The Morgan fingerprint density at radius 1 is 1.54 bits per heavy atom. The molecule has 0 aliphatic rings. The van der Waals surface area contributed by atoms with Gasteiger partial charge in [0, 0.05) is 15.9 Å². The number of nitrogens with two attached hydrogens (primary N) is 1. The van der Waals surface area contributed by atoms with E-state index in [0.29, 0.717) is 6.54 Å².